The smallest absolute Gasteiger partial charge is 0.304 e. The molecule has 1 aliphatic heterocycles. The number of hydrogen-bond donors (Lipinski definition) is 2. The van der Waals surface area contributed by atoms with Crippen molar-refractivity contribution in [2.24, 2.45) is 0 Å². The summed E-state index contributed by atoms with van der Waals surface area (Å²) in [6.45, 7) is 3.10. The molecule has 2 heterocycles. The van der Waals surface area contributed by atoms with Gasteiger partial charge in [-0.05, 0) is 0 Å². The molecule has 0 aromatic carbocycles. The number of aliphatic carboxylic acids is 1. The van der Waals surface area contributed by atoms with E-state index < -0.39 is 5.97 Å². The number of nitrogens with two attached hydrogens (primary N) is 1. The summed E-state index contributed by atoms with van der Waals surface area (Å²) in [5.41, 5.74) is 5.90. The second-order valence-electron chi connectivity index (χ2n) is 4.35. The van der Waals surface area contributed by atoms with Crippen molar-refractivity contribution < 1.29 is 14.7 Å². The summed E-state index contributed by atoms with van der Waals surface area (Å²) >= 11 is 1.25. The molecule has 7 nitrogen and oxygen atoms in total. The Balaban J connectivity index is 1.83. The molecule has 19 heavy (non-hydrogen) atoms. The van der Waals surface area contributed by atoms with Gasteiger partial charge < -0.3 is 15.7 Å². The Hall–Kier alpha value is -1.67. The van der Waals surface area contributed by atoms with E-state index in [9.17, 15) is 9.59 Å². The molecule has 0 aliphatic carbocycles. The SMILES string of the molecule is Nc1nc(C(=O)N2CCN(CCC(=O)O)CC2)cs1. The van der Waals surface area contributed by atoms with Gasteiger partial charge in [0.15, 0.2) is 5.13 Å². The second kappa shape index (κ2) is 5.98. The van der Waals surface area contributed by atoms with Gasteiger partial charge in [0, 0.05) is 38.1 Å². The van der Waals surface area contributed by atoms with Gasteiger partial charge >= 0.3 is 5.97 Å². The van der Waals surface area contributed by atoms with Crippen molar-refractivity contribution >= 4 is 28.3 Å². The van der Waals surface area contributed by atoms with Crippen molar-refractivity contribution in [3.63, 3.8) is 0 Å². The van der Waals surface area contributed by atoms with E-state index >= 15 is 0 Å². The number of carboxylic acid groups (broad SMARTS) is 1. The van der Waals surface area contributed by atoms with Crippen LogP contribution in [0.1, 0.15) is 16.9 Å². The van der Waals surface area contributed by atoms with Crippen molar-refractivity contribution in [3.8, 4) is 0 Å². The van der Waals surface area contributed by atoms with Crippen LogP contribution in [0.25, 0.3) is 0 Å². The largest absolute Gasteiger partial charge is 0.481 e. The maximum atomic E-state index is 12.1. The molecular formula is C11H16N4O3S. The summed E-state index contributed by atoms with van der Waals surface area (Å²) in [5.74, 6) is -0.901. The first-order valence-electron chi connectivity index (χ1n) is 6.00. The third-order valence-corrected chi connectivity index (χ3v) is 3.72. The number of amides is 1. The van der Waals surface area contributed by atoms with Crippen molar-refractivity contribution in [3.05, 3.63) is 11.1 Å². The molecule has 1 fully saturated rings. The topological polar surface area (TPSA) is 99.8 Å². The summed E-state index contributed by atoms with van der Waals surface area (Å²) < 4.78 is 0. The van der Waals surface area contributed by atoms with Gasteiger partial charge in [-0.1, -0.05) is 0 Å². The van der Waals surface area contributed by atoms with Gasteiger partial charge in [-0.3, -0.25) is 14.5 Å². The Bertz CT molecular complexity index is 468. The van der Waals surface area contributed by atoms with Crippen molar-refractivity contribution in [2.45, 2.75) is 6.42 Å². The lowest BCUT2D eigenvalue weighted by molar-refractivity contribution is -0.137. The van der Waals surface area contributed by atoms with Gasteiger partial charge in [-0.25, -0.2) is 4.98 Å². The molecule has 1 amide bonds. The van der Waals surface area contributed by atoms with Crippen LogP contribution in [0.5, 0.6) is 0 Å². The van der Waals surface area contributed by atoms with Crippen molar-refractivity contribution in [2.75, 3.05) is 38.5 Å². The van der Waals surface area contributed by atoms with Gasteiger partial charge in [-0.15, -0.1) is 11.3 Å². The van der Waals surface area contributed by atoms with Crippen LogP contribution >= 0.6 is 11.3 Å². The lowest BCUT2D eigenvalue weighted by atomic mass is 10.2. The maximum absolute atomic E-state index is 12.1. The van der Waals surface area contributed by atoms with Crippen molar-refractivity contribution in [1.82, 2.24) is 14.8 Å². The lowest BCUT2D eigenvalue weighted by Crippen LogP contribution is -2.49. The van der Waals surface area contributed by atoms with Crippen LogP contribution < -0.4 is 5.73 Å². The number of aromatic nitrogens is 1. The standard InChI is InChI=1S/C11H16N4O3S/c12-11-13-8(7-19-11)10(18)15-5-3-14(4-6-15)2-1-9(16)17/h7H,1-6H2,(H2,12,13)(H,16,17). The average molecular weight is 284 g/mol. The molecule has 1 aromatic heterocycles. The zero-order chi connectivity index (χ0) is 13.8. The minimum Gasteiger partial charge on any atom is -0.481 e. The highest BCUT2D eigenvalue weighted by atomic mass is 32.1. The number of piperazine rings is 1. The molecule has 0 unspecified atom stereocenters. The van der Waals surface area contributed by atoms with E-state index in [1.54, 1.807) is 10.3 Å². The molecule has 8 heteroatoms. The first-order valence-corrected chi connectivity index (χ1v) is 6.88. The normalized spacial score (nSPS) is 16.5. The Kier molecular flexibility index (Phi) is 4.33. The molecule has 0 spiro atoms. The van der Waals surface area contributed by atoms with E-state index in [2.05, 4.69) is 4.98 Å². The van der Waals surface area contributed by atoms with E-state index in [1.807, 2.05) is 4.90 Å². The number of rotatable bonds is 4. The van der Waals surface area contributed by atoms with Crippen molar-refractivity contribution in [1.29, 1.82) is 0 Å². The number of hydrogen-bond acceptors (Lipinski definition) is 6. The summed E-state index contributed by atoms with van der Waals surface area (Å²) in [7, 11) is 0. The highest BCUT2D eigenvalue weighted by Crippen LogP contribution is 2.14. The van der Waals surface area contributed by atoms with Gasteiger partial charge in [-0.2, -0.15) is 0 Å². The zero-order valence-corrected chi connectivity index (χ0v) is 11.2. The summed E-state index contributed by atoms with van der Waals surface area (Å²) in [6, 6.07) is 0. The number of nitrogens with zero attached hydrogens (tertiary/aromatic N) is 3. The van der Waals surface area contributed by atoms with E-state index in [0.717, 1.165) is 0 Å². The molecule has 1 aliphatic rings. The van der Waals surface area contributed by atoms with E-state index in [-0.39, 0.29) is 12.3 Å². The number of carboxylic acids is 1. The van der Waals surface area contributed by atoms with Crippen LogP contribution in [0.2, 0.25) is 0 Å². The molecular weight excluding hydrogens is 268 g/mol. The third-order valence-electron chi connectivity index (χ3n) is 3.04. The second-order valence-corrected chi connectivity index (χ2v) is 5.24. The maximum Gasteiger partial charge on any atom is 0.304 e. The summed E-state index contributed by atoms with van der Waals surface area (Å²) in [4.78, 5) is 30.3. The molecule has 1 aromatic rings. The molecule has 0 bridgehead atoms. The molecule has 0 atom stereocenters. The Morgan fingerprint density at radius 3 is 2.58 bits per heavy atom. The molecule has 2 rings (SSSR count). The van der Waals surface area contributed by atoms with Crippen LogP contribution in [-0.4, -0.2) is 64.5 Å². The predicted octanol–water partition coefficient (Wildman–Crippen LogP) is -0.0422. The summed E-state index contributed by atoms with van der Waals surface area (Å²) in [6.07, 6.45) is 0.135. The molecule has 0 radical (unpaired) electrons. The van der Waals surface area contributed by atoms with Gasteiger partial charge in [0.25, 0.3) is 5.91 Å². The van der Waals surface area contributed by atoms with E-state index in [4.69, 9.17) is 10.8 Å². The van der Waals surface area contributed by atoms with E-state index in [1.165, 1.54) is 11.3 Å². The highest BCUT2D eigenvalue weighted by molar-refractivity contribution is 7.13. The lowest BCUT2D eigenvalue weighted by Gasteiger charge is -2.34. The minimum absolute atomic E-state index is 0.106. The average Bonchev–Trinajstić information content (AvgIpc) is 2.83. The fraction of sp³-hybridized carbons (Fsp3) is 0.545. The summed E-state index contributed by atoms with van der Waals surface area (Å²) in [5, 5.41) is 10.7. The molecule has 3 N–H and O–H groups in total. The van der Waals surface area contributed by atoms with E-state index in [0.29, 0.717) is 43.5 Å². The quantitative estimate of drug-likeness (QED) is 0.804. The van der Waals surface area contributed by atoms with Crippen LogP contribution in [0.3, 0.4) is 0 Å². The fourth-order valence-corrected chi connectivity index (χ4v) is 2.51. The Morgan fingerprint density at radius 2 is 2.05 bits per heavy atom. The fourth-order valence-electron chi connectivity index (χ4n) is 1.98. The Labute approximate surface area is 114 Å². The van der Waals surface area contributed by atoms with Gasteiger partial charge in [0.1, 0.15) is 5.69 Å². The molecule has 0 saturated carbocycles. The molecule has 104 valence electrons. The number of carbonyl (C=O) groups is 2. The monoisotopic (exact) mass is 284 g/mol. The number of nitrogen functional groups attached to an aromatic ring is 1. The third kappa shape index (κ3) is 3.65. The first kappa shape index (κ1) is 13.8. The van der Waals surface area contributed by atoms with Crippen LogP contribution in [-0.2, 0) is 4.79 Å². The first-order chi connectivity index (χ1) is 9.06. The molecule has 1 saturated heterocycles. The highest BCUT2D eigenvalue weighted by Gasteiger charge is 2.23. The number of anilines is 1. The Morgan fingerprint density at radius 1 is 1.37 bits per heavy atom. The zero-order valence-electron chi connectivity index (χ0n) is 10.4. The predicted molar refractivity (Wildman–Crippen MR) is 71.1 cm³/mol. The number of carbonyl (C=O) groups excluding carboxylic acids is 1. The van der Waals surface area contributed by atoms with Crippen LogP contribution in [0.4, 0.5) is 5.13 Å². The minimum atomic E-state index is -0.795. The van der Waals surface area contributed by atoms with Gasteiger partial charge in [0.2, 0.25) is 0 Å². The van der Waals surface area contributed by atoms with Crippen LogP contribution in [0.15, 0.2) is 5.38 Å². The number of thiazole rings is 1. The van der Waals surface area contributed by atoms with Gasteiger partial charge in [0.05, 0.1) is 6.42 Å². The van der Waals surface area contributed by atoms with Crippen LogP contribution in [0, 0.1) is 0 Å².